The number of aromatic nitrogens is 2. The number of rotatable bonds is 4. The lowest BCUT2D eigenvalue weighted by atomic mass is 10.2. The molecule has 0 bridgehead atoms. The molecule has 0 saturated heterocycles. The van der Waals surface area contributed by atoms with Gasteiger partial charge in [-0.15, -0.1) is 0 Å². The summed E-state index contributed by atoms with van der Waals surface area (Å²) >= 11 is 7.74. The molecule has 0 aliphatic carbocycles. The number of para-hydroxylation sites is 2. The Balaban J connectivity index is 1.80. The number of halogens is 1. The monoisotopic (exact) mass is 403 g/mol. The number of hydrogen-bond acceptors (Lipinski definition) is 4. The lowest BCUT2D eigenvalue weighted by molar-refractivity contribution is 0.819. The van der Waals surface area contributed by atoms with Crippen molar-refractivity contribution < 1.29 is 0 Å². The molecule has 1 heterocycles. The molecule has 0 fully saturated rings. The molecule has 0 saturated carbocycles. The van der Waals surface area contributed by atoms with Gasteiger partial charge in [-0.1, -0.05) is 59.8 Å². The first kappa shape index (κ1) is 18.3. The quantitative estimate of drug-likeness (QED) is 0.347. The van der Waals surface area contributed by atoms with E-state index in [2.05, 4.69) is 6.07 Å². The summed E-state index contributed by atoms with van der Waals surface area (Å²) < 4.78 is 1.63. The Morgan fingerprint density at radius 2 is 1.79 bits per heavy atom. The van der Waals surface area contributed by atoms with Gasteiger partial charge in [-0.05, 0) is 42.0 Å². The Morgan fingerprint density at radius 3 is 2.54 bits per heavy atom. The van der Waals surface area contributed by atoms with E-state index in [-0.39, 0.29) is 5.56 Å². The van der Waals surface area contributed by atoms with Gasteiger partial charge in [-0.2, -0.15) is 5.26 Å². The summed E-state index contributed by atoms with van der Waals surface area (Å²) in [7, 11) is 0. The van der Waals surface area contributed by atoms with E-state index in [1.807, 2.05) is 54.6 Å². The summed E-state index contributed by atoms with van der Waals surface area (Å²) in [6, 6.07) is 24.1. The number of thioether (sulfide) groups is 1. The number of fused-ring (bicyclic) bond motifs is 1. The summed E-state index contributed by atoms with van der Waals surface area (Å²) in [4.78, 5) is 17.9. The van der Waals surface area contributed by atoms with Crippen LogP contribution in [0.25, 0.3) is 16.6 Å². The average Bonchev–Trinajstić information content (AvgIpc) is 2.73. The van der Waals surface area contributed by atoms with Crippen LogP contribution in [0, 0.1) is 11.3 Å². The normalized spacial score (nSPS) is 10.7. The molecule has 136 valence electrons. The highest BCUT2D eigenvalue weighted by Gasteiger charge is 2.14. The van der Waals surface area contributed by atoms with Crippen LogP contribution in [-0.4, -0.2) is 9.55 Å². The van der Waals surface area contributed by atoms with Crippen molar-refractivity contribution in [2.24, 2.45) is 0 Å². The second-order valence-corrected chi connectivity index (χ2v) is 7.44. The van der Waals surface area contributed by atoms with Gasteiger partial charge >= 0.3 is 0 Å². The molecule has 1 aromatic heterocycles. The smallest absolute Gasteiger partial charge is 0.266 e. The third-order valence-corrected chi connectivity index (χ3v) is 5.64. The standard InChI is InChI=1S/C22H14ClN3OS/c23-19-12-15(13-24)10-11-16(19)14-28-22-25-20-9-5-4-8-18(20)21(27)26(22)17-6-2-1-3-7-17/h1-12H,14H2. The predicted molar refractivity (Wildman–Crippen MR) is 113 cm³/mol. The van der Waals surface area contributed by atoms with E-state index in [9.17, 15) is 4.79 Å². The summed E-state index contributed by atoms with van der Waals surface area (Å²) in [5.74, 6) is 0.530. The molecule has 0 unspecified atom stereocenters. The second kappa shape index (κ2) is 7.89. The van der Waals surface area contributed by atoms with Crippen LogP contribution in [0.4, 0.5) is 0 Å². The maximum absolute atomic E-state index is 13.2. The fraction of sp³-hybridized carbons (Fsp3) is 0.0455. The van der Waals surface area contributed by atoms with Crippen LogP contribution in [0.15, 0.2) is 82.7 Å². The molecule has 3 aromatic carbocycles. The van der Waals surface area contributed by atoms with Crippen molar-refractivity contribution in [3.8, 4) is 11.8 Å². The van der Waals surface area contributed by atoms with Crippen molar-refractivity contribution in [3.05, 3.63) is 99.3 Å². The number of hydrogen-bond donors (Lipinski definition) is 0. The van der Waals surface area contributed by atoms with Crippen molar-refractivity contribution in [3.63, 3.8) is 0 Å². The Kier molecular flexibility index (Phi) is 5.16. The van der Waals surface area contributed by atoms with Gasteiger partial charge in [0.05, 0.1) is 28.2 Å². The number of benzene rings is 3. The van der Waals surface area contributed by atoms with E-state index in [1.165, 1.54) is 11.8 Å². The van der Waals surface area contributed by atoms with Crippen LogP contribution in [0.3, 0.4) is 0 Å². The molecule has 0 aliphatic rings. The topological polar surface area (TPSA) is 58.7 Å². The Labute approximate surface area is 171 Å². The molecular weight excluding hydrogens is 390 g/mol. The van der Waals surface area contributed by atoms with Crippen LogP contribution in [0.5, 0.6) is 0 Å². The first-order valence-electron chi connectivity index (χ1n) is 8.56. The van der Waals surface area contributed by atoms with Crippen LogP contribution in [-0.2, 0) is 5.75 Å². The van der Waals surface area contributed by atoms with Crippen LogP contribution in [0.2, 0.25) is 5.02 Å². The van der Waals surface area contributed by atoms with E-state index in [4.69, 9.17) is 21.8 Å². The zero-order valence-corrected chi connectivity index (χ0v) is 16.2. The summed E-state index contributed by atoms with van der Waals surface area (Å²) in [5.41, 5.74) is 2.72. The highest BCUT2D eigenvalue weighted by molar-refractivity contribution is 7.98. The van der Waals surface area contributed by atoms with Crippen LogP contribution in [0.1, 0.15) is 11.1 Å². The number of nitriles is 1. The molecule has 0 spiro atoms. The molecule has 0 amide bonds. The molecule has 4 nitrogen and oxygen atoms in total. The third-order valence-electron chi connectivity index (χ3n) is 4.30. The molecule has 0 atom stereocenters. The van der Waals surface area contributed by atoms with Gasteiger partial charge in [-0.25, -0.2) is 4.98 Å². The lowest BCUT2D eigenvalue weighted by Gasteiger charge is -2.13. The van der Waals surface area contributed by atoms with Gasteiger partial charge in [0.25, 0.3) is 5.56 Å². The molecule has 6 heteroatoms. The van der Waals surface area contributed by atoms with Gasteiger partial charge in [0.1, 0.15) is 0 Å². The van der Waals surface area contributed by atoms with Gasteiger partial charge in [-0.3, -0.25) is 9.36 Å². The molecular formula is C22H14ClN3OS. The lowest BCUT2D eigenvalue weighted by Crippen LogP contribution is -2.21. The van der Waals surface area contributed by atoms with Gasteiger partial charge in [0.15, 0.2) is 5.16 Å². The van der Waals surface area contributed by atoms with Gasteiger partial charge in [0.2, 0.25) is 0 Å². The van der Waals surface area contributed by atoms with Crippen LogP contribution < -0.4 is 5.56 Å². The minimum Gasteiger partial charge on any atom is -0.268 e. The maximum atomic E-state index is 13.2. The summed E-state index contributed by atoms with van der Waals surface area (Å²) in [6.07, 6.45) is 0. The van der Waals surface area contributed by atoms with Crippen molar-refractivity contribution >= 4 is 34.3 Å². The number of nitrogens with zero attached hydrogens (tertiary/aromatic N) is 3. The van der Waals surface area contributed by atoms with Gasteiger partial charge in [0, 0.05) is 10.8 Å². The Morgan fingerprint density at radius 1 is 1.04 bits per heavy atom. The van der Waals surface area contributed by atoms with E-state index in [0.29, 0.717) is 32.4 Å². The molecule has 0 N–H and O–H groups in total. The zero-order chi connectivity index (χ0) is 19.5. The largest absolute Gasteiger partial charge is 0.268 e. The molecule has 4 rings (SSSR count). The summed E-state index contributed by atoms with van der Waals surface area (Å²) in [5, 5.41) is 10.7. The van der Waals surface area contributed by atoms with E-state index < -0.39 is 0 Å². The molecule has 0 radical (unpaired) electrons. The minimum atomic E-state index is -0.106. The molecule has 4 aromatic rings. The third kappa shape index (κ3) is 3.53. The highest BCUT2D eigenvalue weighted by Crippen LogP contribution is 2.28. The molecule has 0 aliphatic heterocycles. The van der Waals surface area contributed by atoms with Crippen molar-refractivity contribution in [1.29, 1.82) is 5.26 Å². The predicted octanol–water partition coefficient (Wildman–Crippen LogP) is 5.20. The van der Waals surface area contributed by atoms with E-state index in [1.54, 1.807) is 22.8 Å². The van der Waals surface area contributed by atoms with Crippen LogP contribution >= 0.6 is 23.4 Å². The first-order valence-corrected chi connectivity index (χ1v) is 9.92. The first-order chi connectivity index (χ1) is 13.7. The second-order valence-electron chi connectivity index (χ2n) is 6.09. The minimum absolute atomic E-state index is 0.106. The highest BCUT2D eigenvalue weighted by atomic mass is 35.5. The Hall–Kier alpha value is -3.07. The average molecular weight is 404 g/mol. The Bertz CT molecular complexity index is 1260. The van der Waals surface area contributed by atoms with Gasteiger partial charge < -0.3 is 0 Å². The summed E-state index contributed by atoms with van der Waals surface area (Å²) in [6.45, 7) is 0. The fourth-order valence-electron chi connectivity index (χ4n) is 2.89. The molecule has 28 heavy (non-hydrogen) atoms. The zero-order valence-electron chi connectivity index (χ0n) is 14.7. The SMILES string of the molecule is N#Cc1ccc(CSc2nc3ccccc3c(=O)n2-c2ccccc2)c(Cl)c1. The van der Waals surface area contributed by atoms with Crippen molar-refractivity contribution in [2.75, 3.05) is 0 Å². The van der Waals surface area contributed by atoms with Crippen molar-refractivity contribution in [2.45, 2.75) is 10.9 Å². The van der Waals surface area contributed by atoms with E-state index in [0.717, 1.165) is 11.3 Å². The van der Waals surface area contributed by atoms with E-state index >= 15 is 0 Å². The maximum Gasteiger partial charge on any atom is 0.266 e. The van der Waals surface area contributed by atoms with Crippen molar-refractivity contribution in [1.82, 2.24) is 9.55 Å². The fourth-order valence-corrected chi connectivity index (χ4v) is 4.23.